The van der Waals surface area contributed by atoms with Crippen LogP contribution in [-0.4, -0.2) is 43.6 Å². The smallest absolute Gasteiger partial charge is 0.318 e. The molecule has 0 saturated carbocycles. The summed E-state index contributed by atoms with van der Waals surface area (Å²) in [6, 6.07) is 0. The average Bonchev–Trinajstić information content (AvgIpc) is 1.60. The quantitative estimate of drug-likeness (QED) is 0.582. The van der Waals surface area contributed by atoms with E-state index in [1.165, 1.54) is 7.05 Å². The zero-order valence-corrected chi connectivity index (χ0v) is 6.55. The number of carbonyl (C=O) groups is 1. The Labute approximate surface area is 59.3 Å². The van der Waals surface area contributed by atoms with Gasteiger partial charge in [0.2, 0.25) is 10.0 Å². The van der Waals surface area contributed by atoms with Crippen LogP contribution in [0.3, 0.4) is 0 Å². The Morgan fingerprint density at radius 1 is 1.60 bits per heavy atom. The van der Waals surface area contributed by atoms with Gasteiger partial charge in [-0.1, -0.05) is 0 Å². The highest BCUT2D eigenvalue weighted by Gasteiger charge is 2.13. The van der Waals surface area contributed by atoms with E-state index >= 15 is 0 Å². The van der Waals surface area contributed by atoms with Gasteiger partial charge < -0.3 is 5.11 Å². The predicted molar refractivity (Wildman–Crippen MR) is 35.1 cm³/mol. The van der Waals surface area contributed by atoms with Gasteiger partial charge in [0.1, 0.15) is 6.54 Å². The van der Waals surface area contributed by atoms with Crippen molar-refractivity contribution in [1.82, 2.24) is 4.31 Å². The van der Waals surface area contributed by atoms with E-state index in [1.54, 1.807) is 0 Å². The summed E-state index contributed by atoms with van der Waals surface area (Å²) in [5.41, 5.74) is 0. The van der Waals surface area contributed by atoms with E-state index in [0.29, 0.717) is 0 Å². The van der Waals surface area contributed by atoms with E-state index in [0.717, 1.165) is 10.6 Å². The summed E-state index contributed by atoms with van der Waals surface area (Å²) in [5.74, 6) is -1.16. The Morgan fingerprint density at radius 3 is 2.10 bits per heavy atom. The van der Waals surface area contributed by atoms with Crippen LogP contribution in [0.1, 0.15) is 0 Å². The highest BCUT2D eigenvalue weighted by Crippen LogP contribution is 1.90. The molecule has 0 aromatic heterocycles. The molecule has 1 N–H and O–H groups in total. The van der Waals surface area contributed by atoms with Crippen molar-refractivity contribution >= 4 is 16.0 Å². The van der Waals surface area contributed by atoms with E-state index in [1.807, 2.05) is 0 Å². The monoisotopic (exact) mass is 167 g/mol. The fourth-order valence-electron chi connectivity index (χ4n) is 0.308. The van der Waals surface area contributed by atoms with Crippen LogP contribution >= 0.6 is 0 Å². The Balaban J connectivity index is 4.12. The molecular formula is C4H9NO4S. The van der Waals surface area contributed by atoms with Crippen molar-refractivity contribution in [3.63, 3.8) is 0 Å². The summed E-state index contributed by atoms with van der Waals surface area (Å²) in [6.45, 7) is -0.487. The van der Waals surface area contributed by atoms with Crippen molar-refractivity contribution in [3.05, 3.63) is 0 Å². The van der Waals surface area contributed by atoms with Crippen molar-refractivity contribution in [1.29, 1.82) is 0 Å². The van der Waals surface area contributed by atoms with Gasteiger partial charge in [-0.3, -0.25) is 4.79 Å². The van der Waals surface area contributed by atoms with Crippen LogP contribution < -0.4 is 0 Å². The molecule has 0 aliphatic rings. The Hall–Kier alpha value is -0.620. The SMILES string of the molecule is CN(CC(=O)O)S(C)(=O)=O. The highest BCUT2D eigenvalue weighted by molar-refractivity contribution is 7.88. The predicted octanol–water partition coefficient (Wildman–Crippen LogP) is -1.04. The topological polar surface area (TPSA) is 74.7 Å². The van der Waals surface area contributed by atoms with Crippen molar-refractivity contribution in [2.24, 2.45) is 0 Å². The molecular weight excluding hydrogens is 158 g/mol. The molecule has 0 saturated heterocycles. The first-order valence-corrected chi connectivity index (χ1v) is 4.32. The molecule has 0 aliphatic heterocycles. The van der Waals surface area contributed by atoms with Crippen molar-refractivity contribution in [3.8, 4) is 0 Å². The summed E-state index contributed by atoms with van der Waals surface area (Å²) in [6.07, 6.45) is 0.954. The Kier molecular flexibility index (Phi) is 2.79. The maximum atomic E-state index is 10.5. The molecule has 0 aromatic rings. The van der Waals surface area contributed by atoms with Gasteiger partial charge in [0.05, 0.1) is 6.26 Å². The summed E-state index contributed by atoms with van der Waals surface area (Å²) in [5, 5.41) is 8.14. The number of hydrogen-bond donors (Lipinski definition) is 1. The molecule has 0 rings (SSSR count). The third-order valence-electron chi connectivity index (χ3n) is 0.924. The lowest BCUT2D eigenvalue weighted by Crippen LogP contribution is -2.30. The number of hydrogen-bond acceptors (Lipinski definition) is 3. The van der Waals surface area contributed by atoms with Crippen LogP contribution in [0.5, 0.6) is 0 Å². The average molecular weight is 167 g/mol. The molecule has 0 aliphatic carbocycles. The molecule has 0 fully saturated rings. The maximum Gasteiger partial charge on any atom is 0.318 e. The molecule has 0 unspecified atom stereocenters. The first kappa shape index (κ1) is 9.38. The van der Waals surface area contributed by atoms with Gasteiger partial charge in [-0.25, -0.2) is 8.42 Å². The normalized spacial score (nSPS) is 11.9. The zero-order chi connectivity index (χ0) is 8.36. The van der Waals surface area contributed by atoms with Gasteiger partial charge in [-0.15, -0.1) is 0 Å². The molecule has 0 atom stereocenters. The molecule has 6 heteroatoms. The van der Waals surface area contributed by atoms with Gasteiger partial charge in [0.25, 0.3) is 0 Å². The molecule has 5 nitrogen and oxygen atoms in total. The largest absolute Gasteiger partial charge is 0.480 e. The van der Waals surface area contributed by atoms with E-state index in [4.69, 9.17) is 5.11 Å². The van der Waals surface area contributed by atoms with Crippen LogP contribution in [0.25, 0.3) is 0 Å². The minimum absolute atomic E-state index is 0.487. The Bertz CT molecular complexity index is 219. The minimum Gasteiger partial charge on any atom is -0.480 e. The lowest BCUT2D eigenvalue weighted by molar-refractivity contribution is -0.137. The van der Waals surface area contributed by atoms with Gasteiger partial charge in [-0.05, 0) is 0 Å². The fourth-order valence-corrected chi connectivity index (χ4v) is 0.653. The molecule has 0 amide bonds. The standard InChI is InChI=1S/C4H9NO4S/c1-5(3-4(6)7)10(2,8)9/h3H2,1-2H3,(H,6,7). The van der Waals surface area contributed by atoms with Crippen molar-refractivity contribution in [2.75, 3.05) is 19.8 Å². The minimum atomic E-state index is -3.35. The van der Waals surface area contributed by atoms with Crippen LogP contribution in [0, 0.1) is 0 Å². The molecule has 60 valence electrons. The van der Waals surface area contributed by atoms with Crippen LogP contribution in [0.15, 0.2) is 0 Å². The number of carboxylic acid groups (broad SMARTS) is 1. The van der Waals surface area contributed by atoms with Gasteiger partial charge in [0.15, 0.2) is 0 Å². The summed E-state index contributed by atoms with van der Waals surface area (Å²) >= 11 is 0. The molecule has 0 spiro atoms. The number of nitrogens with zero attached hydrogens (tertiary/aromatic N) is 1. The number of sulfonamides is 1. The van der Waals surface area contributed by atoms with Gasteiger partial charge in [0, 0.05) is 7.05 Å². The summed E-state index contributed by atoms with van der Waals surface area (Å²) in [7, 11) is -2.13. The second kappa shape index (κ2) is 2.98. The van der Waals surface area contributed by atoms with Crippen LogP contribution in [0.4, 0.5) is 0 Å². The van der Waals surface area contributed by atoms with E-state index in [9.17, 15) is 13.2 Å². The highest BCUT2D eigenvalue weighted by atomic mass is 32.2. The second-order valence-electron chi connectivity index (χ2n) is 1.91. The number of likely N-dealkylation sites (N-methyl/N-ethyl adjacent to an activating group) is 1. The lowest BCUT2D eigenvalue weighted by Gasteiger charge is -2.09. The van der Waals surface area contributed by atoms with Crippen LogP contribution in [-0.2, 0) is 14.8 Å². The zero-order valence-electron chi connectivity index (χ0n) is 5.73. The third kappa shape index (κ3) is 3.41. The van der Waals surface area contributed by atoms with E-state index in [2.05, 4.69) is 0 Å². The third-order valence-corrected chi connectivity index (χ3v) is 2.19. The fraction of sp³-hybridized carbons (Fsp3) is 0.750. The number of aliphatic carboxylic acids is 1. The van der Waals surface area contributed by atoms with E-state index in [-0.39, 0.29) is 0 Å². The summed E-state index contributed by atoms with van der Waals surface area (Å²) in [4.78, 5) is 9.95. The lowest BCUT2D eigenvalue weighted by atomic mass is 10.7. The molecule has 0 aromatic carbocycles. The Morgan fingerprint density at radius 2 is 2.00 bits per heavy atom. The molecule has 0 heterocycles. The molecule has 0 radical (unpaired) electrons. The first-order valence-electron chi connectivity index (χ1n) is 2.47. The number of carboxylic acids is 1. The van der Waals surface area contributed by atoms with Gasteiger partial charge in [-0.2, -0.15) is 4.31 Å². The van der Waals surface area contributed by atoms with Crippen LogP contribution in [0.2, 0.25) is 0 Å². The molecule has 10 heavy (non-hydrogen) atoms. The maximum absolute atomic E-state index is 10.5. The van der Waals surface area contributed by atoms with E-state index < -0.39 is 22.5 Å². The van der Waals surface area contributed by atoms with Crippen molar-refractivity contribution in [2.45, 2.75) is 0 Å². The summed E-state index contributed by atoms with van der Waals surface area (Å²) < 4.78 is 21.8. The van der Waals surface area contributed by atoms with Crippen molar-refractivity contribution < 1.29 is 18.3 Å². The second-order valence-corrected chi connectivity index (χ2v) is 4.00. The molecule has 0 bridgehead atoms. The first-order chi connectivity index (χ1) is 4.34. The van der Waals surface area contributed by atoms with Gasteiger partial charge >= 0.3 is 5.97 Å². The number of rotatable bonds is 3.